The lowest BCUT2D eigenvalue weighted by Gasteiger charge is -2.09. The Bertz CT molecular complexity index is 944. The number of hydrogen-bond donors (Lipinski definition) is 2. The summed E-state index contributed by atoms with van der Waals surface area (Å²) in [5.74, 6) is -0.619. The number of nitrogens with one attached hydrogen (secondary N) is 2. The molecule has 0 atom stereocenters. The molecule has 1 aromatic heterocycles. The minimum Gasteiger partial charge on any atom is -0.352 e. The van der Waals surface area contributed by atoms with Crippen LogP contribution in [0.5, 0.6) is 0 Å². The molecule has 2 N–H and O–H groups in total. The molecule has 0 spiro atoms. The van der Waals surface area contributed by atoms with Gasteiger partial charge in [0.15, 0.2) is 0 Å². The molecule has 0 aliphatic rings. The molecule has 2 amide bonds. The van der Waals surface area contributed by atoms with E-state index in [0.29, 0.717) is 30.6 Å². The first-order valence-corrected chi connectivity index (χ1v) is 8.91. The van der Waals surface area contributed by atoms with Crippen molar-refractivity contribution in [3.63, 3.8) is 0 Å². The summed E-state index contributed by atoms with van der Waals surface area (Å²) in [6, 6.07) is 16.8. The second-order valence-electron chi connectivity index (χ2n) is 6.30. The standard InChI is InChI=1S/C22H20FN3O2/c23-19-9-6-16(7-10-19)8-11-21(27)25-14-17-3-1-5-20(13-17)26-22(28)18-4-2-12-24-15-18/h1-7,9-10,12-13,15H,8,11,14H2,(H,25,27)(H,26,28). The van der Waals surface area contributed by atoms with Gasteiger partial charge in [0.25, 0.3) is 5.91 Å². The molecule has 3 rings (SSSR count). The first-order chi connectivity index (χ1) is 13.6. The molecule has 28 heavy (non-hydrogen) atoms. The van der Waals surface area contributed by atoms with E-state index in [4.69, 9.17) is 0 Å². The van der Waals surface area contributed by atoms with E-state index in [1.807, 2.05) is 18.2 Å². The molecule has 1 heterocycles. The number of rotatable bonds is 7. The summed E-state index contributed by atoms with van der Waals surface area (Å²) in [4.78, 5) is 28.2. The molecule has 0 unspecified atom stereocenters. The lowest BCUT2D eigenvalue weighted by atomic mass is 10.1. The van der Waals surface area contributed by atoms with E-state index < -0.39 is 0 Å². The van der Waals surface area contributed by atoms with Crippen LogP contribution in [0, 0.1) is 5.82 Å². The number of hydrogen-bond acceptors (Lipinski definition) is 3. The predicted octanol–water partition coefficient (Wildman–Crippen LogP) is 3.72. The van der Waals surface area contributed by atoms with Crippen molar-refractivity contribution in [2.24, 2.45) is 0 Å². The zero-order valence-electron chi connectivity index (χ0n) is 15.2. The number of halogens is 1. The molecule has 0 fully saturated rings. The van der Waals surface area contributed by atoms with Crippen LogP contribution in [0.15, 0.2) is 73.1 Å². The molecule has 3 aromatic rings. The van der Waals surface area contributed by atoms with Crippen molar-refractivity contribution >= 4 is 17.5 Å². The molecule has 2 aromatic carbocycles. The van der Waals surface area contributed by atoms with Crippen molar-refractivity contribution < 1.29 is 14.0 Å². The van der Waals surface area contributed by atoms with Crippen LogP contribution < -0.4 is 10.6 Å². The Morgan fingerprint density at radius 1 is 0.964 bits per heavy atom. The van der Waals surface area contributed by atoms with Crippen LogP contribution in [0.25, 0.3) is 0 Å². The Morgan fingerprint density at radius 2 is 1.79 bits per heavy atom. The number of carbonyl (C=O) groups excluding carboxylic acids is 2. The predicted molar refractivity (Wildman–Crippen MR) is 105 cm³/mol. The van der Waals surface area contributed by atoms with Crippen LogP contribution in [0.2, 0.25) is 0 Å². The van der Waals surface area contributed by atoms with Crippen molar-refractivity contribution in [2.75, 3.05) is 5.32 Å². The minimum absolute atomic E-state index is 0.0888. The smallest absolute Gasteiger partial charge is 0.257 e. The summed E-state index contributed by atoms with van der Waals surface area (Å²) >= 11 is 0. The number of aromatic nitrogens is 1. The van der Waals surface area contributed by atoms with Gasteiger partial charge < -0.3 is 10.6 Å². The highest BCUT2D eigenvalue weighted by Gasteiger charge is 2.07. The number of anilines is 1. The lowest BCUT2D eigenvalue weighted by Crippen LogP contribution is -2.23. The van der Waals surface area contributed by atoms with Gasteiger partial charge in [-0.3, -0.25) is 14.6 Å². The van der Waals surface area contributed by atoms with Crippen LogP contribution in [-0.4, -0.2) is 16.8 Å². The van der Waals surface area contributed by atoms with Gasteiger partial charge in [0.2, 0.25) is 5.91 Å². The zero-order chi connectivity index (χ0) is 19.8. The van der Waals surface area contributed by atoms with E-state index >= 15 is 0 Å². The first-order valence-electron chi connectivity index (χ1n) is 8.91. The molecular weight excluding hydrogens is 357 g/mol. The summed E-state index contributed by atoms with van der Waals surface area (Å²) in [6.07, 6.45) is 3.98. The molecular formula is C22H20FN3O2. The third kappa shape index (κ3) is 5.74. The molecule has 0 saturated heterocycles. The quantitative estimate of drug-likeness (QED) is 0.659. The summed E-state index contributed by atoms with van der Waals surface area (Å²) in [6.45, 7) is 0.360. The first kappa shape index (κ1) is 19.2. The SMILES string of the molecule is O=C(CCc1ccc(F)cc1)NCc1cccc(NC(=O)c2cccnc2)c1. The van der Waals surface area contributed by atoms with Gasteiger partial charge in [-0.1, -0.05) is 24.3 Å². The van der Waals surface area contributed by atoms with Gasteiger partial charge in [-0.2, -0.15) is 0 Å². The average Bonchev–Trinajstić information content (AvgIpc) is 2.73. The largest absolute Gasteiger partial charge is 0.352 e. The molecule has 6 heteroatoms. The average molecular weight is 377 g/mol. The third-order valence-corrected chi connectivity index (χ3v) is 4.15. The number of nitrogens with zero attached hydrogens (tertiary/aromatic N) is 1. The highest BCUT2D eigenvalue weighted by Crippen LogP contribution is 2.12. The van der Waals surface area contributed by atoms with Crippen molar-refractivity contribution in [3.8, 4) is 0 Å². The van der Waals surface area contributed by atoms with E-state index in [-0.39, 0.29) is 17.6 Å². The maximum atomic E-state index is 12.9. The third-order valence-electron chi connectivity index (χ3n) is 4.15. The molecule has 0 bridgehead atoms. The summed E-state index contributed by atoms with van der Waals surface area (Å²) in [5.41, 5.74) is 2.91. The van der Waals surface area contributed by atoms with Crippen LogP contribution in [0.3, 0.4) is 0 Å². The van der Waals surface area contributed by atoms with Crippen LogP contribution in [0.1, 0.15) is 27.9 Å². The van der Waals surface area contributed by atoms with E-state index in [9.17, 15) is 14.0 Å². The fourth-order valence-corrected chi connectivity index (χ4v) is 2.66. The zero-order valence-corrected chi connectivity index (χ0v) is 15.2. The molecule has 0 radical (unpaired) electrons. The topological polar surface area (TPSA) is 71.1 Å². The maximum Gasteiger partial charge on any atom is 0.257 e. The molecule has 5 nitrogen and oxygen atoms in total. The maximum absolute atomic E-state index is 12.9. The number of benzene rings is 2. The van der Waals surface area contributed by atoms with E-state index in [1.54, 1.807) is 36.5 Å². The second-order valence-corrected chi connectivity index (χ2v) is 6.30. The summed E-state index contributed by atoms with van der Waals surface area (Å²) in [7, 11) is 0. The molecule has 142 valence electrons. The van der Waals surface area contributed by atoms with Gasteiger partial charge >= 0.3 is 0 Å². The van der Waals surface area contributed by atoms with Crippen LogP contribution in [-0.2, 0) is 17.8 Å². The monoisotopic (exact) mass is 377 g/mol. The van der Waals surface area contributed by atoms with E-state index in [2.05, 4.69) is 15.6 Å². The Labute approximate surface area is 162 Å². The number of aryl methyl sites for hydroxylation is 1. The van der Waals surface area contributed by atoms with Crippen molar-refractivity contribution in [1.29, 1.82) is 0 Å². The van der Waals surface area contributed by atoms with Crippen molar-refractivity contribution in [3.05, 3.63) is 95.6 Å². The summed E-state index contributed by atoms with van der Waals surface area (Å²) < 4.78 is 12.9. The van der Waals surface area contributed by atoms with Gasteiger partial charge in [-0.25, -0.2) is 4.39 Å². The minimum atomic E-state index is -0.288. The number of carbonyl (C=O) groups is 2. The van der Waals surface area contributed by atoms with Crippen molar-refractivity contribution in [2.45, 2.75) is 19.4 Å². The van der Waals surface area contributed by atoms with Gasteiger partial charge in [-0.15, -0.1) is 0 Å². The molecule has 0 aliphatic carbocycles. The van der Waals surface area contributed by atoms with E-state index in [0.717, 1.165) is 11.1 Å². The van der Waals surface area contributed by atoms with Gasteiger partial charge in [0.1, 0.15) is 5.82 Å². The van der Waals surface area contributed by atoms with Gasteiger partial charge in [0.05, 0.1) is 5.56 Å². The molecule has 0 aliphatic heterocycles. The van der Waals surface area contributed by atoms with Crippen LogP contribution in [0.4, 0.5) is 10.1 Å². The van der Waals surface area contributed by atoms with Gasteiger partial charge in [0, 0.05) is 31.0 Å². The van der Waals surface area contributed by atoms with Gasteiger partial charge in [-0.05, 0) is 53.9 Å². The normalized spacial score (nSPS) is 10.3. The Hall–Kier alpha value is -3.54. The van der Waals surface area contributed by atoms with E-state index in [1.165, 1.54) is 18.3 Å². The van der Waals surface area contributed by atoms with Crippen molar-refractivity contribution in [1.82, 2.24) is 10.3 Å². The highest BCUT2D eigenvalue weighted by atomic mass is 19.1. The number of pyridine rings is 1. The Balaban J connectivity index is 1.49. The Kier molecular flexibility index (Phi) is 6.46. The second kappa shape index (κ2) is 9.41. The molecule has 0 saturated carbocycles. The summed E-state index contributed by atoms with van der Waals surface area (Å²) in [5, 5.41) is 5.67. The number of amides is 2. The highest BCUT2D eigenvalue weighted by molar-refractivity contribution is 6.04. The Morgan fingerprint density at radius 3 is 2.54 bits per heavy atom. The fourth-order valence-electron chi connectivity index (χ4n) is 2.66. The lowest BCUT2D eigenvalue weighted by molar-refractivity contribution is -0.121. The fraction of sp³-hybridized carbons (Fsp3) is 0.136. The van der Waals surface area contributed by atoms with Crippen LogP contribution >= 0.6 is 0 Å².